The second kappa shape index (κ2) is 9.33. The molecule has 0 spiro atoms. The van der Waals surface area contributed by atoms with Crippen LogP contribution in [0.5, 0.6) is 5.75 Å². The molecule has 0 bridgehead atoms. The Bertz CT molecular complexity index is 969. The fourth-order valence-electron chi connectivity index (χ4n) is 2.67. The van der Waals surface area contributed by atoms with Crippen molar-refractivity contribution in [3.8, 4) is 5.75 Å². The quantitative estimate of drug-likeness (QED) is 0.494. The lowest BCUT2D eigenvalue weighted by molar-refractivity contribution is 0.101. The van der Waals surface area contributed by atoms with Crippen LogP contribution in [0.15, 0.2) is 77.3 Å². The zero-order valence-corrected chi connectivity index (χ0v) is 17.0. The van der Waals surface area contributed by atoms with Gasteiger partial charge in [0.1, 0.15) is 5.75 Å². The summed E-state index contributed by atoms with van der Waals surface area (Å²) in [6.07, 6.45) is 0.811. The van der Waals surface area contributed by atoms with Crippen molar-refractivity contribution in [2.24, 2.45) is 0 Å². The molecule has 0 saturated carbocycles. The second-order valence-electron chi connectivity index (χ2n) is 6.32. The maximum Gasteiger partial charge on any atom is 0.255 e. The van der Waals surface area contributed by atoms with Crippen molar-refractivity contribution in [1.29, 1.82) is 0 Å². The number of carbonyl (C=O) groups is 2. The molecular formula is C23H20BrNO3. The SMILES string of the molecule is CC(=O)c1ccc(NC(=O)c2ccc(OCCc3ccccc3)c(Br)c2)cc1. The second-order valence-corrected chi connectivity index (χ2v) is 7.17. The summed E-state index contributed by atoms with van der Waals surface area (Å²) in [6, 6.07) is 22.2. The fourth-order valence-corrected chi connectivity index (χ4v) is 3.17. The van der Waals surface area contributed by atoms with Crippen molar-refractivity contribution in [1.82, 2.24) is 0 Å². The Morgan fingerprint density at radius 3 is 2.25 bits per heavy atom. The molecule has 0 radical (unpaired) electrons. The number of Topliss-reactive ketones (excluding diaryl/α,β-unsaturated/α-hetero) is 1. The molecule has 0 aliphatic rings. The van der Waals surface area contributed by atoms with Gasteiger partial charge in [-0.2, -0.15) is 0 Å². The topological polar surface area (TPSA) is 55.4 Å². The molecule has 0 aliphatic heterocycles. The molecule has 142 valence electrons. The average molecular weight is 438 g/mol. The number of hydrogen-bond acceptors (Lipinski definition) is 3. The zero-order chi connectivity index (χ0) is 19.9. The van der Waals surface area contributed by atoms with E-state index in [4.69, 9.17) is 4.74 Å². The third-order valence-corrected chi connectivity index (χ3v) is 4.85. The molecule has 1 N–H and O–H groups in total. The van der Waals surface area contributed by atoms with Crippen molar-refractivity contribution < 1.29 is 14.3 Å². The van der Waals surface area contributed by atoms with Crippen molar-refractivity contribution in [3.63, 3.8) is 0 Å². The van der Waals surface area contributed by atoms with E-state index in [-0.39, 0.29) is 11.7 Å². The van der Waals surface area contributed by atoms with Gasteiger partial charge in [-0.25, -0.2) is 0 Å². The Morgan fingerprint density at radius 2 is 1.61 bits per heavy atom. The van der Waals surface area contributed by atoms with Gasteiger partial charge in [-0.1, -0.05) is 30.3 Å². The molecule has 0 aromatic heterocycles. The number of rotatable bonds is 7. The van der Waals surface area contributed by atoms with E-state index in [2.05, 4.69) is 33.4 Å². The summed E-state index contributed by atoms with van der Waals surface area (Å²) in [5, 5.41) is 2.82. The van der Waals surface area contributed by atoms with Crippen molar-refractivity contribution >= 4 is 33.3 Å². The number of anilines is 1. The molecule has 3 aromatic rings. The minimum absolute atomic E-state index is 0.00957. The van der Waals surface area contributed by atoms with Crippen LogP contribution in [0.1, 0.15) is 33.2 Å². The van der Waals surface area contributed by atoms with E-state index in [1.165, 1.54) is 12.5 Å². The van der Waals surface area contributed by atoms with Gasteiger partial charge in [0.15, 0.2) is 5.78 Å². The smallest absolute Gasteiger partial charge is 0.255 e. The number of benzene rings is 3. The van der Waals surface area contributed by atoms with Crippen LogP contribution in [0.2, 0.25) is 0 Å². The van der Waals surface area contributed by atoms with E-state index in [9.17, 15) is 9.59 Å². The van der Waals surface area contributed by atoms with Crippen LogP contribution in [0.4, 0.5) is 5.69 Å². The van der Waals surface area contributed by atoms with Gasteiger partial charge in [-0.3, -0.25) is 9.59 Å². The minimum atomic E-state index is -0.230. The maximum atomic E-state index is 12.5. The van der Waals surface area contributed by atoms with Crippen molar-refractivity contribution in [2.75, 3.05) is 11.9 Å². The number of amides is 1. The fraction of sp³-hybridized carbons (Fsp3) is 0.130. The highest BCUT2D eigenvalue weighted by molar-refractivity contribution is 9.10. The van der Waals surface area contributed by atoms with Gasteiger partial charge >= 0.3 is 0 Å². The molecular weight excluding hydrogens is 418 g/mol. The molecule has 28 heavy (non-hydrogen) atoms. The monoisotopic (exact) mass is 437 g/mol. The molecule has 0 saturated heterocycles. The molecule has 0 fully saturated rings. The van der Waals surface area contributed by atoms with Gasteiger partial charge in [0, 0.05) is 23.2 Å². The summed E-state index contributed by atoms with van der Waals surface area (Å²) < 4.78 is 6.54. The predicted octanol–water partition coefficient (Wildman–Crippen LogP) is 5.53. The Balaban J connectivity index is 1.59. The van der Waals surface area contributed by atoms with Crippen LogP contribution in [0.3, 0.4) is 0 Å². The Kier molecular flexibility index (Phi) is 6.61. The van der Waals surface area contributed by atoms with Crippen LogP contribution < -0.4 is 10.1 Å². The molecule has 0 unspecified atom stereocenters. The molecule has 1 amide bonds. The van der Waals surface area contributed by atoms with Gasteiger partial charge in [0.25, 0.3) is 5.91 Å². The lowest BCUT2D eigenvalue weighted by atomic mass is 10.1. The number of nitrogens with one attached hydrogen (secondary N) is 1. The highest BCUT2D eigenvalue weighted by Crippen LogP contribution is 2.26. The Morgan fingerprint density at radius 1 is 0.929 bits per heavy atom. The van der Waals surface area contributed by atoms with E-state index in [1.54, 1.807) is 42.5 Å². The lowest BCUT2D eigenvalue weighted by Gasteiger charge is -2.10. The van der Waals surface area contributed by atoms with Crippen molar-refractivity contribution in [2.45, 2.75) is 13.3 Å². The largest absolute Gasteiger partial charge is 0.492 e. The zero-order valence-electron chi connectivity index (χ0n) is 15.4. The van der Waals surface area contributed by atoms with Crippen molar-refractivity contribution in [3.05, 3.63) is 94.0 Å². The summed E-state index contributed by atoms with van der Waals surface area (Å²) in [5.74, 6) is 0.454. The normalized spacial score (nSPS) is 10.4. The van der Waals surface area contributed by atoms with Crippen LogP contribution in [0, 0.1) is 0 Å². The molecule has 0 heterocycles. The number of halogens is 1. The first-order valence-electron chi connectivity index (χ1n) is 8.91. The Hall–Kier alpha value is -2.92. The molecule has 4 nitrogen and oxygen atoms in total. The molecule has 0 atom stereocenters. The first kappa shape index (κ1) is 19.8. The number of ketones is 1. The summed E-state index contributed by atoms with van der Waals surface area (Å²) in [4.78, 5) is 23.8. The van der Waals surface area contributed by atoms with Crippen LogP contribution >= 0.6 is 15.9 Å². The third kappa shape index (κ3) is 5.30. The van der Waals surface area contributed by atoms with Crippen LogP contribution in [-0.2, 0) is 6.42 Å². The highest BCUT2D eigenvalue weighted by Gasteiger charge is 2.10. The molecule has 3 aromatic carbocycles. The van der Waals surface area contributed by atoms with E-state index < -0.39 is 0 Å². The first-order chi connectivity index (χ1) is 13.5. The summed E-state index contributed by atoms with van der Waals surface area (Å²) in [7, 11) is 0. The number of hydrogen-bond donors (Lipinski definition) is 1. The number of carbonyl (C=O) groups excluding carboxylic acids is 2. The standard InChI is InChI=1S/C23H20BrNO3/c1-16(26)18-7-10-20(11-8-18)25-23(27)19-9-12-22(21(24)15-19)28-14-13-17-5-3-2-4-6-17/h2-12,15H,13-14H2,1H3,(H,25,27). The van der Waals surface area contributed by atoms with E-state index in [0.29, 0.717) is 29.2 Å². The molecule has 0 aliphatic carbocycles. The predicted molar refractivity (Wildman–Crippen MR) is 114 cm³/mol. The highest BCUT2D eigenvalue weighted by atomic mass is 79.9. The van der Waals surface area contributed by atoms with Gasteiger partial charge in [0.05, 0.1) is 11.1 Å². The summed E-state index contributed by atoms with van der Waals surface area (Å²) in [6.45, 7) is 2.06. The molecule has 5 heteroatoms. The minimum Gasteiger partial charge on any atom is -0.492 e. The van der Waals surface area contributed by atoms with Crippen LogP contribution in [-0.4, -0.2) is 18.3 Å². The Labute approximate surface area is 172 Å². The van der Waals surface area contributed by atoms with E-state index in [0.717, 1.165) is 10.9 Å². The third-order valence-electron chi connectivity index (χ3n) is 4.23. The van der Waals surface area contributed by atoms with Gasteiger partial charge in [-0.05, 0) is 70.9 Å². The van der Waals surface area contributed by atoms with Crippen LogP contribution in [0.25, 0.3) is 0 Å². The van der Waals surface area contributed by atoms with Gasteiger partial charge < -0.3 is 10.1 Å². The molecule has 3 rings (SSSR count). The maximum absolute atomic E-state index is 12.5. The summed E-state index contributed by atoms with van der Waals surface area (Å²) >= 11 is 3.47. The first-order valence-corrected chi connectivity index (χ1v) is 9.71. The van der Waals surface area contributed by atoms with E-state index in [1.807, 2.05) is 18.2 Å². The van der Waals surface area contributed by atoms with Gasteiger partial charge in [-0.15, -0.1) is 0 Å². The average Bonchev–Trinajstić information content (AvgIpc) is 2.70. The lowest BCUT2D eigenvalue weighted by Crippen LogP contribution is -2.12. The van der Waals surface area contributed by atoms with E-state index >= 15 is 0 Å². The van der Waals surface area contributed by atoms with Gasteiger partial charge in [0.2, 0.25) is 0 Å². The summed E-state index contributed by atoms with van der Waals surface area (Å²) in [5.41, 5.74) is 2.97. The number of ether oxygens (including phenoxy) is 1.